The molecule has 2 heterocycles. The second-order valence-corrected chi connectivity index (χ2v) is 5.96. The molecule has 0 saturated carbocycles. The van der Waals surface area contributed by atoms with Crippen LogP contribution in [0.15, 0.2) is 36.5 Å². The first kappa shape index (κ1) is 23.2. The molecule has 0 aliphatic carbocycles. The Morgan fingerprint density at radius 2 is 1.50 bits per heavy atom. The second kappa shape index (κ2) is 11.8. The number of pyridine rings is 2. The maximum Gasteiger partial charge on any atom is 0.134 e. The lowest BCUT2D eigenvalue weighted by Crippen LogP contribution is -1.97. The van der Waals surface area contributed by atoms with Gasteiger partial charge in [0.25, 0.3) is 0 Å². The zero-order chi connectivity index (χ0) is 21.1. The molecule has 152 valence electrons. The highest BCUT2D eigenvalue weighted by atomic mass is 16.5. The Hall–Kier alpha value is -2.82. The van der Waals surface area contributed by atoms with Crippen molar-refractivity contribution in [2.75, 3.05) is 26.6 Å². The van der Waals surface area contributed by atoms with Crippen LogP contribution in [-0.2, 0) is 0 Å². The van der Waals surface area contributed by atoms with Crippen molar-refractivity contribution in [1.82, 2.24) is 9.97 Å². The molecule has 1 N–H and O–H groups in total. The number of hydrogen-bond acceptors (Lipinski definition) is 5. The Morgan fingerprint density at radius 1 is 0.929 bits per heavy atom. The van der Waals surface area contributed by atoms with Crippen LogP contribution in [0.1, 0.15) is 39.8 Å². The third kappa shape index (κ3) is 5.84. The van der Waals surface area contributed by atoms with Crippen LogP contribution in [0.2, 0.25) is 0 Å². The minimum Gasteiger partial charge on any atom is -0.497 e. The van der Waals surface area contributed by atoms with E-state index in [4.69, 9.17) is 14.5 Å². The average Bonchev–Trinajstić information content (AvgIpc) is 2.74. The molecule has 0 radical (unpaired) electrons. The monoisotopic (exact) mass is 383 g/mol. The first-order valence-corrected chi connectivity index (χ1v) is 9.74. The van der Waals surface area contributed by atoms with Gasteiger partial charge in [0.1, 0.15) is 17.3 Å². The summed E-state index contributed by atoms with van der Waals surface area (Å²) in [5, 5.41) is 5.25. The van der Waals surface area contributed by atoms with E-state index in [0.29, 0.717) is 0 Å². The van der Waals surface area contributed by atoms with Crippen LogP contribution < -0.4 is 14.8 Å². The number of aromatic nitrogens is 2. The third-order valence-electron chi connectivity index (χ3n) is 3.74. The van der Waals surface area contributed by atoms with E-state index in [1.54, 1.807) is 14.2 Å². The van der Waals surface area contributed by atoms with E-state index in [-0.39, 0.29) is 0 Å². The molecule has 5 nitrogen and oxygen atoms in total. The fourth-order valence-electron chi connectivity index (χ4n) is 2.54. The summed E-state index contributed by atoms with van der Waals surface area (Å²) in [7, 11) is 5.14. The van der Waals surface area contributed by atoms with E-state index in [2.05, 4.69) is 24.1 Å². The molecule has 0 saturated heterocycles. The molecular weight excluding hydrogens is 350 g/mol. The van der Waals surface area contributed by atoms with Gasteiger partial charge in [0.05, 0.1) is 19.9 Å². The van der Waals surface area contributed by atoms with Gasteiger partial charge in [0.2, 0.25) is 0 Å². The normalized spacial score (nSPS) is 9.57. The van der Waals surface area contributed by atoms with Gasteiger partial charge in [-0.05, 0) is 31.2 Å². The molecule has 28 heavy (non-hydrogen) atoms. The second-order valence-electron chi connectivity index (χ2n) is 5.96. The van der Waals surface area contributed by atoms with Gasteiger partial charge in [0.15, 0.2) is 0 Å². The van der Waals surface area contributed by atoms with E-state index >= 15 is 0 Å². The number of nitrogens with one attached hydrogen (secondary N) is 1. The predicted octanol–water partition coefficient (Wildman–Crippen LogP) is 6.11. The van der Waals surface area contributed by atoms with E-state index in [0.717, 1.165) is 45.0 Å². The van der Waals surface area contributed by atoms with Crippen LogP contribution in [-0.4, -0.2) is 31.2 Å². The lowest BCUT2D eigenvalue weighted by molar-refractivity contribution is 0.394. The largest absolute Gasteiger partial charge is 0.497 e. The van der Waals surface area contributed by atoms with Crippen LogP contribution >= 0.6 is 0 Å². The SMILES string of the molecule is CC.CCC.CNc1nc(-c2cc(OC)cc(OC)c2)cc2cnc(C)cc12. The fourth-order valence-corrected chi connectivity index (χ4v) is 2.54. The Labute approximate surface area is 169 Å². The zero-order valence-corrected chi connectivity index (χ0v) is 18.4. The standard InChI is InChI=1S/C18H19N3O2.C3H8.C2H6/c1-11-5-16-13(10-20-11)8-17(21-18(16)19-2)12-6-14(22-3)9-15(7-12)23-4;1-3-2;1-2/h5-10H,1-4H3,(H,19,21);3H2,1-2H3;1-2H3. The maximum atomic E-state index is 5.34. The molecule has 0 aliphatic rings. The van der Waals surface area contributed by atoms with Gasteiger partial charge in [-0.25, -0.2) is 4.98 Å². The number of hydrogen-bond donors (Lipinski definition) is 1. The summed E-state index contributed by atoms with van der Waals surface area (Å²) in [6.45, 7) is 10.2. The fraction of sp³-hybridized carbons (Fsp3) is 0.391. The number of nitrogens with zero attached hydrogens (tertiary/aromatic N) is 2. The van der Waals surface area contributed by atoms with Crippen LogP contribution in [0.5, 0.6) is 11.5 Å². The van der Waals surface area contributed by atoms with Gasteiger partial charge in [0, 0.05) is 41.3 Å². The third-order valence-corrected chi connectivity index (χ3v) is 3.74. The molecule has 2 aromatic heterocycles. The highest BCUT2D eigenvalue weighted by Crippen LogP contribution is 2.32. The Bertz CT molecular complexity index is 857. The number of rotatable bonds is 4. The molecule has 5 heteroatoms. The van der Waals surface area contributed by atoms with Gasteiger partial charge in [-0.15, -0.1) is 0 Å². The molecule has 0 aliphatic heterocycles. The lowest BCUT2D eigenvalue weighted by atomic mass is 10.1. The molecular formula is C23H33N3O2. The van der Waals surface area contributed by atoms with Crippen LogP contribution in [0.3, 0.4) is 0 Å². The summed E-state index contributed by atoms with van der Waals surface area (Å²) in [6, 6.07) is 9.78. The summed E-state index contributed by atoms with van der Waals surface area (Å²) in [5.41, 5.74) is 2.73. The van der Waals surface area contributed by atoms with E-state index in [9.17, 15) is 0 Å². The number of aryl methyl sites for hydroxylation is 1. The van der Waals surface area contributed by atoms with Crippen molar-refractivity contribution in [3.8, 4) is 22.8 Å². The summed E-state index contributed by atoms with van der Waals surface area (Å²) in [6.07, 6.45) is 3.12. The van der Waals surface area contributed by atoms with Crippen LogP contribution in [0.4, 0.5) is 5.82 Å². The topological polar surface area (TPSA) is 56.3 Å². The van der Waals surface area contributed by atoms with E-state index < -0.39 is 0 Å². The Kier molecular flexibility index (Phi) is 9.79. The number of ether oxygens (including phenoxy) is 2. The molecule has 0 atom stereocenters. The number of benzene rings is 1. The summed E-state index contributed by atoms with van der Waals surface area (Å²) >= 11 is 0. The van der Waals surface area contributed by atoms with Gasteiger partial charge in [-0.3, -0.25) is 4.98 Å². The van der Waals surface area contributed by atoms with Crippen LogP contribution in [0, 0.1) is 6.92 Å². The van der Waals surface area contributed by atoms with Crippen molar-refractivity contribution in [3.63, 3.8) is 0 Å². The van der Waals surface area contributed by atoms with E-state index in [1.165, 1.54) is 6.42 Å². The highest BCUT2D eigenvalue weighted by Gasteiger charge is 2.10. The van der Waals surface area contributed by atoms with E-state index in [1.807, 2.05) is 64.3 Å². The quantitative estimate of drug-likeness (QED) is 0.589. The summed E-state index contributed by atoms with van der Waals surface area (Å²) in [4.78, 5) is 9.11. The minimum atomic E-state index is 0.731. The maximum absolute atomic E-state index is 5.34. The Morgan fingerprint density at radius 3 is 2.00 bits per heavy atom. The molecule has 0 amide bonds. The first-order chi connectivity index (χ1) is 13.6. The van der Waals surface area contributed by atoms with Gasteiger partial charge in [-0.2, -0.15) is 0 Å². The smallest absolute Gasteiger partial charge is 0.134 e. The summed E-state index contributed by atoms with van der Waals surface area (Å²) < 4.78 is 10.7. The van der Waals surface area contributed by atoms with Gasteiger partial charge >= 0.3 is 0 Å². The van der Waals surface area contributed by atoms with Crippen molar-refractivity contribution >= 4 is 16.6 Å². The minimum absolute atomic E-state index is 0.731. The van der Waals surface area contributed by atoms with Crippen molar-refractivity contribution < 1.29 is 9.47 Å². The Balaban J connectivity index is 0.000000717. The van der Waals surface area contributed by atoms with Crippen molar-refractivity contribution in [2.24, 2.45) is 0 Å². The van der Waals surface area contributed by atoms with Crippen molar-refractivity contribution in [2.45, 2.75) is 41.0 Å². The molecule has 3 aromatic rings. The van der Waals surface area contributed by atoms with Crippen molar-refractivity contribution in [3.05, 3.63) is 42.2 Å². The summed E-state index contributed by atoms with van der Waals surface area (Å²) in [5.74, 6) is 2.29. The molecule has 0 unspecified atom stereocenters. The molecule has 0 bridgehead atoms. The van der Waals surface area contributed by atoms with Crippen molar-refractivity contribution in [1.29, 1.82) is 0 Å². The highest BCUT2D eigenvalue weighted by molar-refractivity contribution is 5.94. The first-order valence-electron chi connectivity index (χ1n) is 9.74. The predicted molar refractivity (Wildman–Crippen MR) is 120 cm³/mol. The zero-order valence-electron chi connectivity index (χ0n) is 18.4. The molecule has 0 fully saturated rings. The molecule has 3 rings (SSSR count). The number of anilines is 1. The van der Waals surface area contributed by atoms with Gasteiger partial charge < -0.3 is 14.8 Å². The molecule has 1 aromatic carbocycles. The average molecular weight is 384 g/mol. The number of methoxy groups -OCH3 is 2. The number of fused-ring (bicyclic) bond motifs is 1. The lowest BCUT2D eigenvalue weighted by Gasteiger charge is -2.12. The van der Waals surface area contributed by atoms with Crippen LogP contribution in [0.25, 0.3) is 22.0 Å². The van der Waals surface area contributed by atoms with Gasteiger partial charge in [-0.1, -0.05) is 34.1 Å². The molecule has 0 spiro atoms.